The molecule has 3 aromatic heterocycles. The largest absolute Gasteiger partial charge is 0.290 e. The second kappa shape index (κ2) is 7.57. The third-order valence-corrected chi connectivity index (χ3v) is 6.20. The summed E-state index contributed by atoms with van der Waals surface area (Å²) in [5, 5.41) is 2.14. The minimum atomic E-state index is 0.822. The van der Waals surface area contributed by atoms with Crippen LogP contribution in [0.2, 0.25) is 0 Å². The predicted octanol–water partition coefficient (Wildman–Crippen LogP) is 7.66. The fourth-order valence-electron chi connectivity index (χ4n) is 4.61. The molecule has 0 radical (unpaired) electrons. The summed E-state index contributed by atoms with van der Waals surface area (Å²) in [6, 6.07) is 29.7. The van der Waals surface area contributed by atoms with Crippen molar-refractivity contribution in [2.75, 3.05) is 0 Å². The van der Waals surface area contributed by atoms with Gasteiger partial charge in [-0.1, -0.05) is 73.8 Å². The molecule has 0 saturated carbocycles. The molecule has 33 heavy (non-hydrogen) atoms. The van der Waals surface area contributed by atoms with Crippen molar-refractivity contribution >= 4 is 39.6 Å². The van der Waals surface area contributed by atoms with Crippen LogP contribution in [-0.4, -0.2) is 14.4 Å². The van der Waals surface area contributed by atoms with Gasteiger partial charge in [0.2, 0.25) is 0 Å². The molecule has 0 spiro atoms. The first-order valence-electron chi connectivity index (χ1n) is 10.9. The summed E-state index contributed by atoms with van der Waals surface area (Å²) in [4.78, 5) is 9.62. The van der Waals surface area contributed by atoms with Crippen LogP contribution in [0, 0.1) is 0 Å². The van der Waals surface area contributed by atoms with Crippen molar-refractivity contribution in [3.05, 3.63) is 116 Å². The lowest BCUT2D eigenvalue weighted by atomic mass is 9.98. The molecule has 0 aliphatic carbocycles. The average Bonchev–Trinajstić information content (AvgIpc) is 3.28. The lowest BCUT2D eigenvalue weighted by molar-refractivity contribution is 1.23. The zero-order valence-electron chi connectivity index (χ0n) is 18.1. The first-order chi connectivity index (χ1) is 16.3. The van der Waals surface area contributed by atoms with Crippen LogP contribution in [-0.2, 0) is 0 Å². The average molecular weight is 424 g/mol. The summed E-state index contributed by atoms with van der Waals surface area (Å²) in [6.45, 7) is 7.94. The van der Waals surface area contributed by atoms with Gasteiger partial charge in [-0.25, -0.2) is 4.98 Å². The van der Waals surface area contributed by atoms with Crippen molar-refractivity contribution in [1.29, 1.82) is 0 Å². The summed E-state index contributed by atoms with van der Waals surface area (Å²) in [5.41, 5.74) is 9.34. The van der Waals surface area contributed by atoms with Crippen molar-refractivity contribution in [2.24, 2.45) is 0 Å². The van der Waals surface area contributed by atoms with Crippen LogP contribution in [0.5, 0.6) is 0 Å². The van der Waals surface area contributed by atoms with Gasteiger partial charge in [0.25, 0.3) is 0 Å². The molecule has 3 nitrogen and oxygen atoms in total. The van der Waals surface area contributed by atoms with Crippen LogP contribution in [0.4, 0.5) is 0 Å². The molecular weight excluding hydrogens is 402 g/mol. The molecule has 0 amide bonds. The molecule has 0 atom stereocenters. The Bertz CT molecular complexity index is 1670. The number of hydrogen-bond donors (Lipinski definition) is 0. The van der Waals surface area contributed by atoms with Gasteiger partial charge >= 0.3 is 0 Å². The molecule has 6 aromatic rings. The third kappa shape index (κ3) is 2.98. The van der Waals surface area contributed by atoms with E-state index in [-0.39, 0.29) is 0 Å². The highest BCUT2D eigenvalue weighted by Crippen LogP contribution is 2.34. The van der Waals surface area contributed by atoms with Crippen LogP contribution >= 0.6 is 0 Å². The van der Waals surface area contributed by atoms with Crippen molar-refractivity contribution < 1.29 is 0 Å². The fraction of sp³-hybridized carbons (Fsp3) is 0. The van der Waals surface area contributed by atoms with E-state index in [2.05, 4.69) is 90.4 Å². The van der Waals surface area contributed by atoms with E-state index in [0.29, 0.717) is 0 Å². The first kappa shape index (κ1) is 19.2. The zero-order valence-corrected chi connectivity index (χ0v) is 18.1. The Morgan fingerprint density at radius 3 is 2.09 bits per heavy atom. The van der Waals surface area contributed by atoms with Gasteiger partial charge in [-0.05, 0) is 58.7 Å². The van der Waals surface area contributed by atoms with Crippen LogP contribution in [0.25, 0.3) is 61.9 Å². The molecular formula is C30H21N3. The molecule has 0 unspecified atom stereocenters. The Morgan fingerprint density at radius 1 is 0.667 bits per heavy atom. The normalized spacial score (nSPS) is 11.3. The number of imidazole rings is 1. The van der Waals surface area contributed by atoms with E-state index in [4.69, 9.17) is 9.97 Å². The minimum Gasteiger partial charge on any atom is -0.290 e. The van der Waals surface area contributed by atoms with E-state index in [0.717, 1.165) is 44.4 Å². The van der Waals surface area contributed by atoms with Gasteiger partial charge in [0, 0.05) is 17.0 Å². The topological polar surface area (TPSA) is 30.2 Å². The number of pyridine rings is 2. The summed E-state index contributed by atoms with van der Waals surface area (Å²) in [5.74, 6) is 0. The van der Waals surface area contributed by atoms with E-state index in [1.165, 1.54) is 16.7 Å². The zero-order chi connectivity index (χ0) is 22.4. The second-order valence-electron chi connectivity index (χ2n) is 8.02. The lowest BCUT2D eigenvalue weighted by Gasteiger charge is -2.11. The monoisotopic (exact) mass is 423 g/mol. The Morgan fingerprint density at radius 2 is 1.36 bits per heavy atom. The van der Waals surface area contributed by atoms with E-state index in [9.17, 15) is 0 Å². The summed E-state index contributed by atoms with van der Waals surface area (Å²) >= 11 is 0. The molecule has 6 rings (SSSR count). The van der Waals surface area contributed by atoms with Gasteiger partial charge in [0.05, 0.1) is 22.4 Å². The van der Waals surface area contributed by atoms with E-state index in [1.54, 1.807) is 6.08 Å². The molecule has 3 heteroatoms. The van der Waals surface area contributed by atoms with Gasteiger partial charge in [-0.15, -0.1) is 0 Å². The fourth-order valence-corrected chi connectivity index (χ4v) is 4.61. The Kier molecular flexibility index (Phi) is 4.41. The van der Waals surface area contributed by atoms with Crippen molar-refractivity contribution in [2.45, 2.75) is 0 Å². The Labute approximate surface area is 192 Å². The summed E-state index contributed by atoms with van der Waals surface area (Å²) in [6.07, 6.45) is 5.45. The molecule has 0 saturated heterocycles. The number of aromatic nitrogens is 3. The van der Waals surface area contributed by atoms with Gasteiger partial charge in [-0.2, -0.15) is 0 Å². The van der Waals surface area contributed by atoms with E-state index in [1.807, 2.05) is 24.4 Å². The molecule has 0 bridgehead atoms. The van der Waals surface area contributed by atoms with Crippen molar-refractivity contribution in [3.63, 3.8) is 0 Å². The van der Waals surface area contributed by atoms with Gasteiger partial charge in [0.15, 0.2) is 0 Å². The Balaban J connectivity index is 1.58. The maximum Gasteiger partial charge on any atom is 0.146 e. The highest BCUT2D eigenvalue weighted by Gasteiger charge is 2.16. The van der Waals surface area contributed by atoms with Crippen molar-refractivity contribution in [3.8, 4) is 22.3 Å². The second-order valence-corrected chi connectivity index (χ2v) is 8.02. The highest BCUT2D eigenvalue weighted by molar-refractivity contribution is 6.11. The summed E-state index contributed by atoms with van der Waals surface area (Å²) < 4.78 is 2.13. The quantitative estimate of drug-likeness (QED) is 0.273. The third-order valence-electron chi connectivity index (χ3n) is 6.20. The van der Waals surface area contributed by atoms with Crippen LogP contribution in [0.15, 0.2) is 104 Å². The van der Waals surface area contributed by atoms with E-state index >= 15 is 0 Å². The van der Waals surface area contributed by atoms with Gasteiger partial charge in [0.1, 0.15) is 5.65 Å². The SMILES string of the molecule is C=Cc1nc2c3ccc(-c4ccc(-c5ccccc5)cc4)cc3c3ncccc3n2c1C=C. The first-order valence-corrected chi connectivity index (χ1v) is 10.9. The number of nitrogens with zero attached hydrogens (tertiary/aromatic N) is 3. The molecule has 0 N–H and O–H groups in total. The molecule has 0 aliphatic rings. The maximum absolute atomic E-state index is 4.87. The number of hydrogen-bond acceptors (Lipinski definition) is 2. The smallest absolute Gasteiger partial charge is 0.146 e. The number of rotatable bonds is 4. The standard InChI is InChI=1S/C30H21N3/c1-3-26-27(4-2)33-28-11-8-18-31-29(28)25-19-23(16-17-24(25)30(33)32-26)22-14-12-21(13-15-22)20-9-6-5-7-10-20/h3-19H,1-2H2. The van der Waals surface area contributed by atoms with E-state index < -0.39 is 0 Å². The van der Waals surface area contributed by atoms with Gasteiger partial charge in [-0.3, -0.25) is 9.38 Å². The lowest BCUT2D eigenvalue weighted by Crippen LogP contribution is -1.95. The highest BCUT2D eigenvalue weighted by atomic mass is 15.0. The summed E-state index contributed by atoms with van der Waals surface area (Å²) in [7, 11) is 0. The number of benzene rings is 3. The molecule has 156 valence electrons. The molecule has 3 heterocycles. The maximum atomic E-state index is 4.87. The predicted molar refractivity (Wildman–Crippen MR) is 139 cm³/mol. The molecule has 0 fully saturated rings. The molecule has 0 aliphatic heterocycles. The van der Waals surface area contributed by atoms with Crippen LogP contribution in [0.1, 0.15) is 11.4 Å². The molecule has 3 aromatic carbocycles. The number of fused-ring (bicyclic) bond motifs is 6. The van der Waals surface area contributed by atoms with Crippen molar-refractivity contribution in [1.82, 2.24) is 14.4 Å². The minimum absolute atomic E-state index is 0.822. The van der Waals surface area contributed by atoms with Crippen LogP contribution in [0.3, 0.4) is 0 Å². The van der Waals surface area contributed by atoms with Crippen LogP contribution < -0.4 is 0 Å². The Hall–Kier alpha value is -4.50. The van der Waals surface area contributed by atoms with Gasteiger partial charge < -0.3 is 0 Å².